The molecule has 1 aromatic carbocycles. The quantitative estimate of drug-likeness (QED) is 0.760. The van der Waals surface area contributed by atoms with Gasteiger partial charge in [0.1, 0.15) is 17.5 Å². The first kappa shape index (κ1) is 16.7. The first-order chi connectivity index (χ1) is 11.0. The first-order valence-electron chi connectivity index (χ1n) is 7.75. The molecule has 6 heteroatoms. The van der Waals surface area contributed by atoms with E-state index in [9.17, 15) is 4.79 Å². The van der Waals surface area contributed by atoms with Gasteiger partial charge in [-0.1, -0.05) is 13.8 Å². The fourth-order valence-electron chi connectivity index (χ4n) is 1.97. The summed E-state index contributed by atoms with van der Waals surface area (Å²) in [6.07, 6.45) is 0. The molecule has 0 radical (unpaired) electrons. The number of nitrogens with zero attached hydrogens (tertiary/aromatic N) is 2. The molecule has 0 atom stereocenters. The summed E-state index contributed by atoms with van der Waals surface area (Å²) in [5.74, 6) is 2.19. The van der Waals surface area contributed by atoms with Gasteiger partial charge in [-0.3, -0.25) is 4.79 Å². The maximum Gasteiger partial charge on any atom is 0.226 e. The number of carbonyl (C=O) groups is 1. The van der Waals surface area contributed by atoms with E-state index in [-0.39, 0.29) is 11.8 Å². The van der Waals surface area contributed by atoms with Gasteiger partial charge in [0.15, 0.2) is 0 Å². The highest BCUT2D eigenvalue weighted by molar-refractivity contribution is 5.92. The van der Waals surface area contributed by atoms with Crippen molar-refractivity contribution in [1.29, 1.82) is 0 Å². The highest BCUT2D eigenvalue weighted by Gasteiger charge is 2.07. The van der Waals surface area contributed by atoms with Crippen LogP contribution >= 0.6 is 0 Å². The van der Waals surface area contributed by atoms with Crippen molar-refractivity contribution in [2.24, 2.45) is 5.92 Å². The van der Waals surface area contributed by atoms with Crippen LogP contribution in [0.15, 0.2) is 30.3 Å². The summed E-state index contributed by atoms with van der Waals surface area (Å²) in [5, 5.41) is 9.29. The smallest absolute Gasteiger partial charge is 0.226 e. The predicted octanol–water partition coefficient (Wildman–Crippen LogP) is 3.55. The number of rotatable bonds is 6. The van der Waals surface area contributed by atoms with Crippen molar-refractivity contribution in [2.75, 3.05) is 22.5 Å². The Morgan fingerprint density at radius 3 is 2.30 bits per heavy atom. The Morgan fingerprint density at radius 2 is 1.70 bits per heavy atom. The molecule has 0 aliphatic rings. The average molecular weight is 313 g/mol. The normalized spacial score (nSPS) is 10.5. The third-order valence-electron chi connectivity index (χ3n) is 3.15. The lowest BCUT2D eigenvalue weighted by molar-refractivity contribution is -0.118. The monoisotopic (exact) mass is 313 g/mol. The standard InChI is InChI=1S/C17H23N5O/c1-5-18-15-10-16(20-12(4)19-15)21-13-6-8-14(9-7-13)22-17(23)11(2)3/h6-11H,5H2,1-4H3,(H,22,23)(H2,18,19,20,21). The lowest BCUT2D eigenvalue weighted by atomic mass is 10.2. The zero-order chi connectivity index (χ0) is 16.8. The van der Waals surface area contributed by atoms with Gasteiger partial charge in [0.25, 0.3) is 0 Å². The van der Waals surface area contributed by atoms with E-state index in [0.29, 0.717) is 5.82 Å². The van der Waals surface area contributed by atoms with E-state index >= 15 is 0 Å². The van der Waals surface area contributed by atoms with E-state index in [2.05, 4.69) is 25.9 Å². The minimum absolute atomic E-state index is 0.00687. The third-order valence-corrected chi connectivity index (χ3v) is 3.15. The van der Waals surface area contributed by atoms with Gasteiger partial charge < -0.3 is 16.0 Å². The van der Waals surface area contributed by atoms with Crippen LogP contribution in [0.5, 0.6) is 0 Å². The molecule has 2 rings (SSSR count). The second-order valence-corrected chi connectivity index (χ2v) is 5.56. The average Bonchev–Trinajstić information content (AvgIpc) is 2.49. The van der Waals surface area contributed by atoms with Crippen molar-refractivity contribution >= 4 is 28.9 Å². The second-order valence-electron chi connectivity index (χ2n) is 5.56. The Bertz CT molecular complexity index is 667. The Labute approximate surface area is 136 Å². The summed E-state index contributed by atoms with van der Waals surface area (Å²) in [5.41, 5.74) is 1.68. The van der Waals surface area contributed by atoms with Gasteiger partial charge >= 0.3 is 0 Å². The van der Waals surface area contributed by atoms with Crippen LogP contribution in [0, 0.1) is 12.8 Å². The van der Waals surface area contributed by atoms with Crippen molar-refractivity contribution in [3.63, 3.8) is 0 Å². The molecule has 1 amide bonds. The Hall–Kier alpha value is -2.63. The van der Waals surface area contributed by atoms with Gasteiger partial charge in [0.2, 0.25) is 5.91 Å². The van der Waals surface area contributed by atoms with Crippen LogP contribution in [0.4, 0.5) is 23.0 Å². The van der Waals surface area contributed by atoms with Crippen molar-refractivity contribution in [1.82, 2.24) is 9.97 Å². The van der Waals surface area contributed by atoms with E-state index in [1.54, 1.807) is 0 Å². The molecule has 23 heavy (non-hydrogen) atoms. The number of aromatic nitrogens is 2. The van der Waals surface area contributed by atoms with Crippen LogP contribution in [-0.4, -0.2) is 22.4 Å². The van der Waals surface area contributed by atoms with E-state index in [4.69, 9.17) is 0 Å². The number of benzene rings is 1. The fourth-order valence-corrected chi connectivity index (χ4v) is 1.97. The number of aryl methyl sites for hydroxylation is 1. The van der Waals surface area contributed by atoms with Crippen molar-refractivity contribution in [3.05, 3.63) is 36.2 Å². The number of nitrogens with one attached hydrogen (secondary N) is 3. The molecule has 3 N–H and O–H groups in total. The second kappa shape index (κ2) is 7.58. The Morgan fingerprint density at radius 1 is 1.09 bits per heavy atom. The molecule has 2 aromatic rings. The molecule has 0 spiro atoms. The lowest BCUT2D eigenvalue weighted by Crippen LogP contribution is -2.17. The summed E-state index contributed by atoms with van der Waals surface area (Å²) < 4.78 is 0. The largest absolute Gasteiger partial charge is 0.370 e. The molecule has 0 bridgehead atoms. The zero-order valence-corrected chi connectivity index (χ0v) is 14.0. The Balaban J connectivity index is 2.07. The van der Waals surface area contributed by atoms with E-state index in [0.717, 1.165) is 29.6 Å². The molecule has 1 heterocycles. The van der Waals surface area contributed by atoms with E-state index in [1.165, 1.54) is 0 Å². The lowest BCUT2D eigenvalue weighted by Gasteiger charge is -2.11. The van der Waals surface area contributed by atoms with Crippen molar-refractivity contribution in [2.45, 2.75) is 27.7 Å². The van der Waals surface area contributed by atoms with Gasteiger partial charge in [0, 0.05) is 29.9 Å². The van der Waals surface area contributed by atoms with E-state index in [1.807, 2.05) is 58.0 Å². The molecule has 0 fully saturated rings. The third kappa shape index (κ3) is 4.95. The van der Waals surface area contributed by atoms with Gasteiger partial charge in [-0.15, -0.1) is 0 Å². The first-order valence-corrected chi connectivity index (χ1v) is 7.75. The summed E-state index contributed by atoms with van der Waals surface area (Å²) in [6.45, 7) is 8.42. The van der Waals surface area contributed by atoms with Gasteiger partial charge in [-0.25, -0.2) is 9.97 Å². The minimum Gasteiger partial charge on any atom is -0.370 e. The van der Waals surface area contributed by atoms with Crippen LogP contribution in [0.1, 0.15) is 26.6 Å². The predicted molar refractivity (Wildman–Crippen MR) is 94.1 cm³/mol. The topological polar surface area (TPSA) is 78.9 Å². The molecular formula is C17H23N5O. The van der Waals surface area contributed by atoms with Gasteiger partial charge in [-0.05, 0) is 38.1 Å². The molecule has 6 nitrogen and oxygen atoms in total. The van der Waals surface area contributed by atoms with Crippen molar-refractivity contribution < 1.29 is 4.79 Å². The highest BCUT2D eigenvalue weighted by atomic mass is 16.1. The van der Waals surface area contributed by atoms with Crippen molar-refractivity contribution in [3.8, 4) is 0 Å². The molecule has 0 saturated carbocycles. The van der Waals surface area contributed by atoms with Crippen LogP contribution in [0.25, 0.3) is 0 Å². The number of amides is 1. The summed E-state index contributed by atoms with van der Waals surface area (Å²) in [4.78, 5) is 20.4. The van der Waals surface area contributed by atoms with E-state index < -0.39 is 0 Å². The molecule has 0 unspecified atom stereocenters. The SMILES string of the molecule is CCNc1cc(Nc2ccc(NC(=O)C(C)C)cc2)nc(C)n1. The van der Waals surface area contributed by atoms with Crippen LogP contribution in [-0.2, 0) is 4.79 Å². The molecule has 1 aromatic heterocycles. The highest BCUT2D eigenvalue weighted by Crippen LogP contribution is 2.19. The number of anilines is 4. The summed E-state index contributed by atoms with van der Waals surface area (Å²) in [7, 11) is 0. The molecule has 0 aliphatic heterocycles. The van der Waals surface area contributed by atoms with Gasteiger partial charge in [-0.2, -0.15) is 0 Å². The summed E-state index contributed by atoms with van der Waals surface area (Å²) >= 11 is 0. The van der Waals surface area contributed by atoms with Gasteiger partial charge in [0.05, 0.1) is 0 Å². The molecule has 122 valence electrons. The number of hydrogen-bond acceptors (Lipinski definition) is 5. The zero-order valence-electron chi connectivity index (χ0n) is 14.0. The van der Waals surface area contributed by atoms with Crippen LogP contribution in [0.3, 0.4) is 0 Å². The summed E-state index contributed by atoms with van der Waals surface area (Å²) in [6, 6.07) is 9.40. The molecule has 0 aliphatic carbocycles. The number of hydrogen-bond donors (Lipinski definition) is 3. The van der Waals surface area contributed by atoms with Crippen LogP contribution < -0.4 is 16.0 Å². The Kier molecular flexibility index (Phi) is 5.51. The maximum absolute atomic E-state index is 11.7. The maximum atomic E-state index is 11.7. The number of carbonyl (C=O) groups excluding carboxylic acids is 1. The van der Waals surface area contributed by atoms with Crippen LogP contribution in [0.2, 0.25) is 0 Å². The minimum atomic E-state index is -0.0405. The fraction of sp³-hybridized carbons (Fsp3) is 0.353. The molecular weight excluding hydrogens is 290 g/mol. The molecule has 0 saturated heterocycles.